The molecule has 0 amide bonds. The van der Waals surface area contributed by atoms with Crippen LogP contribution in [0, 0.1) is 0 Å². The Bertz CT molecular complexity index is 883. The van der Waals surface area contributed by atoms with Crippen molar-refractivity contribution in [2.24, 2.45) is 7.05 Å². The fraction of sp³-hybridized carbons (Fsp3) is 0.211. The van der Waals surface area contributed by atoms with Crippen molar-refractivity contribution in [1.82, 2.24) is 4.57 Å². The summed E-state index contributed by atoms with van der Waals surface area (Å²) in [6, 6.07) is 13.3. The van der Waals surface area contributed by atoms with Crippen LogP contribution in [0.5, 0.6) is 11.5 Å². The molecule has 2 aromatic carbocycles. The second-order valence-electron chi connectivity index (χ2n) is 5.51. The number of carbonyl (C=O) groups excluding carboxylic acids is 1. The summed E-state index contributed by atoms with van der Waals surface area (Å²) in [5, 5.41) is 4.11. The first-order chi connectivity index (χ1) is 11.6. The predicted molar refractivity (Wildman–Crippen MR) is 95.3 cm³/mol. The number of benzene rings is 2. The van der Waals surface area contributed by atoms with Gasteiger partial charge in [0.15, 0.2) is 5.78 Å². The number of para-hydroxylation sites is 1. The fourth-order valence-electron chi connectivity index (χ4n) is 2.79. The van der Waals surface area contributed by atoms with E-state index in [1.807, 2.05) is 60.3 Å². The SMILES string of the molecule is COc1ccc(OC)c(NCC(=O)c2cn(C)c3ccccc23)c1. The van der Waals surface area contributed by atoms with Gasteiger partial charge in [-0.05, 0) is 18.2 Å². The monoisotopic (exact) mass is 324 g/mol. The lowest BCUT2D eigenvalue weighted by atomic mass is 10.1. The summed E-state index contributed by atoms with van der Waals surface area (Å²) < 4.78 is 12.5. The van der Waals surface area contributed by atoms with Gasteiger partial charge in [-0.3, -0.25) is 4.79 Å². The zero-order valence-electron chi connectivity index (χ0n) is 14.0. The maximum Gasteiger partial charge on any atom is 0.184 e. The molecule has 0 aliphatic heterocycles. The normalized spacial score (nSPS) is 10.6. The summed E-state index contributed by atoms with van der Waals surface area (Å²) in [5.74, 6) is 1.40. The number of Topliss-reactive ketones (excluding diaryl/α,β-unsaturated/α-hetero) is 1. The van der Waals surface area contributed by atoms with Gasteiger partial charge in [0.1, 0.15) is 11.5 Å². The first-order valence-electron chi connectivity index (χ1n) is 7.67. The van der Waals surface area contributed by atoms with E-state index in [9.17, 15) is 4.79 Å². The van der Waals surface area contributed by atoms with Gasteiger partial charge < -0.3 is 19.4 Å². The molecule has 24 heavy (non-hydrogen) atoms. The molecule has 1 N–H and O–H groups in total. The highest BCUT2D eigenvalue weighted by atomic mass is 16.5. The third-order valence-corrected chi connectivity index (χ3v) is 4.04. The third kappa shape index (κ3) is 2.93. The number of carbonyl (C=O) groups is 1. The molecule has 3 rings (SSSR count). The molecule has 1 aromatic heterocycles. The van der Waals surface area contributed by atoms with E-state index in [1.165, 1.54) is 0 Å². The molecule has 0 fully saturated rings. The van der Waals surface area contributed by atoms with Gasteiger partial charge in [-0.2, -0.15) is 0 Å². The van der Waals surface area contributed by atoms with Crippen molar-refractivity contribution >= 4 is 22.4 Å². The van der Waals surface area contributed by atoms with Crippen molar-refractivity contribution < 1.29 is 14.3 Å². The molecule has 0 bridgehead atoms. The molecule has 0 saturated heterocycles. The zero-order valence-corrected chi connectivity index (χ0v) is 14.0. The Labute approximate surface area is 140 Å². The van der Waals surface area contributed by atoms with Crippen molar-refractivity contribution in [3.8, 4) is 11.5 Å². The van der Waals surface area contributed by atoms with Crippen LogP contribution in [0.15, 0.2) is 48.7 Å². The van der Waals surface area contributed by atoms with Gasteiger partial charge in [-0.15, -0.1) is 0 Å². The Balaban J connectivity index is 1.83. The Morgan fingerprint density at radius 2 is 1.92 bits per heavy atom. The van der Waals surface area contributed by atoms with Crippen molar-refractivity contribution in [1.29, 1.82) is 0 Å². The van der Waals surface area contributed by atoms with Crippen LogP contribution in [0.25, 0.3) is 10.9 Å². The van der Waals surface area contributed by atoms with Crippen molar-refractivity contribution in [3.05, 3.63) is 54.2 Å². The van der Waals surface area contributed by atoms with Gasteiger partial charge in [0.05, 0.1) is 26.5 Å². The highest BCUT2D eigenvalue weighted by molar-refractivity contribution is 6.09. The zero-order chi connectivity index (χ0) is 17.1. The lowest BCUT2D eigenvalue weighted by molar-refractivity contribution is 0.101. The summed E-state index contributed by atoms with van der Waals surface area (Å²) in [7, 11) is 5.14. The first-order valence-corrected chi connectivity index (χ1v) is 7.67. The van der Waals surface area contributed by atoms with Crippen LogP contribution in [-0.2, 0) is 7.05 Å². The van der Waals surface area contributed by atoms with Crippen molar-refractivity contribution in [2.45, 2.75) is 0 Å². The summed E-state index contributed by atoms with van der Waals surface area (Å²) in [4.78, 5) is 12.7. The molecule has 0 spiro atoms. The summed E-state index contributed by atoms with van der Waals surface area (Å²) >= 11 is 0. The van der Waals surface area contributed by atoms with Crippen LogP contribution in [0.1, 0.15) is 10.4 Å². The van der Waals surface area contributed by atoms with E-state index in [4.69, 9.17) is 9.47 Å². The van der Waals surface area contributed by atoms with Gasteiger partial charge in [-0.25, -0.2) is 0 Å². The van der Waals surface area contributed by atoms with Crippen LogP contribution in [0.2, 0.25) is 0 Å². The van der Waals surface area contributed by atoms with Gasteiger partial charge in [0.25, 0.3) is 0 Å². The molecule has 3 aromatic rings. The molecular formula is C19H20N2O3. The number of ketones is 1. The molecular weight excluding hydrogens is 304 g/mol. The van der Waals surface area contributed by atoms with E-state index in [-0.39, 0.29) is 12.3 Å². The summed E-state index contributed by atoms with van der Waals surface area (Å²) in [6.07, 6.45) is 1.87. The molecule has 0 saturated carbocycles. The number of methoxy groups -OCH3 is 2. The minimum absolute atomic E-state index is 0.0247. The van der Waals surface area contributed by atoms with Crippen LogP contribution in [0.4, 0.5) is 5.69 Å². The number of aryl methyl sites for hydroxylation is 1. The van der Waals surface area contributed by atoms with Gasteiger partial charge in [0.2, 0.25) is 0 Å². The molecule has 1 heterocycles. The molecule has 0 aliphatic carbocycles. The fourth-order valence-corrected chi connectivity index (χ4v) is 2.79. The highest BCUT2D eigenvalue weighted by Gasteiger charge is 2.14. The number of hydrogen-bond donors (Lipinski definition) is 1. The van der Waals surface area contributed by atoms with Crippen LogP contribution >= 0.6 is 0 Å². The second-order valence-corrected chi connectivity index (χ2v) is 5.51. The topological polar surface area (TPSA) is 52.5 Å². The minimum Gasteiger partial charge on any atom is -0.497 e. The van der Waals surface area contributed by atoms with Gasteiger partial charge in [0, 0.05) is 35.8 Å². The van der Waals surface area contributed by atoms with Gasteiger partial charge >= 0.3 is 0 Å². The molecule has 5 nitrogen and oxygen atoms in total. The van der Waals surface area contributed by atoms with Gasteiger partial charge in [-0.1, -0.05) is 18.2 Å². The molecule has 0 unspecified atom stereocenters. The van der Waals surface area contributed by atoms with Crippen LogP contribution < -0.4 is 14.8 Å². The lowest BCUT2D eigenvalue weighted by Gasteiger charge is -2.12. The Hall–Kier alpha value is -2.95. The highest BCUT2D eigenvalue weighted by Crippen LogP contribution is 2.29. The van der Waals surface area contributed by atoms with Crippen molar-refractivity contribution in [2.75, 3.05) is 26.1 Å². The second kappa shape index (κ2) is 6.66. The minimum atomic E-state index is 0.0247. The Morgan fingerprint density at radius 1 is 1.12 bits per heavy atom. The third-order valence-electron chi connectivity index (χ3n) is 4.04. The van der Waals surface area contributed by atoms with E-state index in [1.54, 1.807) is 14.2 Å². The average molecular weight is 324 g/mol. The number of hydrogen-bond acceptors (Lipinski definition) is 4. The Morgan fingerprint density at radius 3 is 2.67 bits per heavy atom. The number of nitrogens with one attached hydrogen (secondary N) is 1. The molecule has 0 aliphatic rings. The first kappa shape index (κ1) is 15.9. The van der Waals surface area contributed by atoms with E-state index in [2.05, 4.69) is 5.32 Å². The van der Waals surface area contributed by atoms with E-state index >= 15 is 0 Å². The summed E-state index contributed by atoms with van der Waals surface area (Å²) in [6.45, 7) is 0.178. The average Bonchev–Trinajstić information content (AvgIpc) is 2.96. The smallest absolute Gasteiger partial charge is 0.184 e. The number of nitrogens with zero attached hydrogens (tertiary/aromatic N) is 1. The largest absolute Gasteiger partial charge is 0.497 e. The number of anilines is 1. The van der Waals surface area contributed by atoms with Crippen LogP contribution in [-0.4, -0.2) is 31.1 Å². The lowest BCUT2D eigenvalue weighted by Crippen LogP contribution is -2.14. The van der Waals surface area contributed by atoms with E-state index in [0.29, 0.717) is 17.1 Å². The quantitative estimate of drug-likeness (QED) is 0.705. The number of rotatable bonds is 6. The predicted octanol–water partition coefficient (Wildman–Crippen LogP) is 3.49. The molecule has 5 heteroatoms. The number of aromatic nitrogens is 1. The molecule has 0 atom stereocenters. The standard InChI is InChI=1S/C19H20N2O3/c1-21-12-15(14-6-4-5-7-17(14)21)18(22)11-20-16-10-13(23-2)8-9-19(16)24-3/h4-10,12,20H,11H2,1-3H3. The number of fused-ring (bicyclic) bond motifs is 1. The van der Waals surface area contributed by atoms with E-state index < -0.39 is 0 Å². The maximum atomic E-state index is 12.7. The molecule has 0 radical (unpaired) electrons. The molecule has 124 valence electrons. The Kier molecular flexibility index (Phi) is 4.42. The maximum absolute atomic E-state index is 12.7. The summed E-state index contributed by atoms with van der Waals surface area (Å²) in [5.41, 5.74) is 2.48. The van der Waals surface area contributed by atoms with E-state index in [0.717, 1.165) is 16.6 Å². The van der Waals surface area contributed by atoms with Crippen LogP contribution in [0.3, 0.4) is 0 Å². The number of ether oxygens (including phenoxy) is 2. The van der Waals surface area contributed by atoms with Crippen molar-refractivity contribution in [3.63, 3.8) is 0 Å².